The highest BCUT2D eigenvalue weighted by Gasteiger charge is 2.54. The number of hydrogen-bond donors (Lipinski definition) is 2. The van der Waals surface area contributed by atoms with Crippen LogP contribution in [0.25, 0.3) is 0 Å². The molecule has 1 aromatic carbocycles. The largest absolute Gasteiger partial charge is 0.488 e. The van der Waals surface area contributed by atoms with Crippen LogP contribution in [0.4, 0.5) is 13.2 Å². The zero-order valence-electron chi connectivity index (χ0n) is 12.1. The molecule has 3 nitrogen and oxygen atoms in total. The van der Waals surface area contributed by atoms with Crippen LogP contribution in [0.1, 0.15) is 25.8 Å². The summed E-state index contributed by atoms with van der Waals surface area (Å²) in [6.07, 6.45) is -4.06. The van der Waals surface area contributed by atoms with Crippen LogP contribution in [-0.2, 0) is 6.54 Å². The van der Waals surface area contributed by atoms with E-state index in [0.717, 1.165) is 5.56 Å². The monoisotopic (exact) mass is 301 g/mol. The molecule has 21 heavy (non-hydrogen) atoms. The summed E-state index contributed by atoms with van der Waals surface area (Å²) in [6, 6.07) is 6.58. The summed E-state index contributed by atoms with van der Waals surface area (Å²) in [6.45, 7) is 4.08. The van der Waals surface area contributed by atoms with Crippen molar-refractivity contribution in [2.45, 2.75) is 38.5 Å². The lowest BCUT2D eigenvalue weighted by Gasteiger charge is -2.37. The average Bonchev–Trinajstić information content (AvgIpc) is 2.65. The van der Waals surface area contributed by atoms with Crippen molar-refractivity contribution >= 4 is 12.6 Å². The van der Waals surface area contributed by atoms with Crippen molar-refractivity contribution in [3.63, 3.8) is 0 Å². The molecule has 7 heteroatoms. The number of likely N-dealkylation sites (tertiary alicyclic amines) is 1. The molecule has 1 unspecified atom stereocenters. The van der Waals surface area contributed by atoms with Crippen molar-refractivity contribution in [3.8, 4) is 0 Å². The van der Waals surface area contributed by atoms with E-state index in [4.69, 9.17) is 10.0 Å². The normalized spacial score (nSPS) is 22.5. The first-order valence-electron chi connectivity index (χ1n) is 6.89. The topological polar surface area (TPSA) is 43.7 Å². The van der Waals surface area contributed by atoms with Gasteiger partial charge in [0.25, 0.3) is 0 Å². The van der Waals surface area contributed by atoms with E-state index in [2.05, 4.69) is 0 Å². The van der Waals surface area contributed by atoms with Crippen LogP contribution in [0.5, 0.6) is 0 Å². The smallest absolute Gasteiger partial charge is 0.423 e. The molecule has 1 fully saturated rings. The zero-order valence-corrected chi connectivity index (χ0v) is 12.1. The van der Waals surface area contributed by atoms with Crippen LogP contribution in [0.15, 0.2) is 24.3 Å². The molecule has 0 amide bonds. The molecule has 0 saturated carbocycles. The number of hydrogen-bond acceptors (Lipinski definition) is 3. The third-order valence-corrected chi connectivity index (χ3v) is 4.40. The summed E-state index contributed by atoms with van der Waals surface area (Å²) < 4.78 is 39.1. The maximum Gasteiger partial charge on any atom is 0.488 e. The summed E-state index contributed by atoms with van der Waals surface area (Å²) in [4.78, 5) is 1.83. The van der Waals surface area contributed by atoms with Crippen LogP contribution in [-0.4, -0.2) is 40.3 Å². The van der Waals surface area contributed by atoms with E-state index in [-0.39, 0.29) is 6.42 Å². The van der Waals surface area contributed by atoms with E-state index in [1.54, 1.807) is 38.1 Å². The van der Waals surface area contributed by atoms with Gasteiger partial charge >= 0.3 is 13.3 Å². The Hall–Kier alpha value is -1.05. The third-order valence-electron chi connectivity index (χ3n) is 4.40. The Morgan fingerprint density at radius 2 is 1.81 bits per heavy atom. The second-order valence-corrected chi connectivity index (χ2v) is 6.07. The first-order chi connectivity index (χ1) is 9.62. The van der Waals surface area contributed by atoms with Crippen LogP contribution in [0.2, 0.25) is 0 Å². The van der Waals surface area contributed by atoms with Gasteiger partial charge in [-0.1, -0.05) is 24.3 Å². The molecular weight excluding hydrogens is 282 g/mol. The molecule has 0 aromatic heterocycles. The second kappa shape index (κ2) is 5.63. The van der Waals surface area contributed by atoms with E-state index < -0.39 is 24.8 Å². The Morgan fingerprint density at radius 3 is 2.24 bits per heavy atom. The highest BCUT2D eigenvalue weighted by Crippen LogP contribution is 2.45. The standard InChI is InChI=1S/C14H19BF3NO2/c1-13(2)12(14(16,17)18)7-8-19(13)9-10-3-5-11(6-4-10)15(20)21/h3-6,12,20-21H,7-9H2,1-2H3. The molecule has 1 aliphatic rings. The molecular formula is C14H19BF3NO2. The second-order valence-electron chi connectivity index (χ2n) is 6.07. The summed E-state index contributed by atoms with van der Waals surface area (Å²) >= 11 is 0. The fourth-order valence-electron chi connectivity index (χ4n) is 3.01. The molecule has 116 valence electrons. The molecule has 2 rings (SSSR count). The van der Waals surface area contributed by atoms with E-state index in [1.807, 2.05) is 4.90 Å². The van der Waals surface area contributed by atoms with Crippen molar-refractivity contribution in [1.29, 1.82) is 0 Å². The zero-order chi connectivity index (χ0) is 15.8. The molecule has 0 spiro atoms. The van der Waals surface area contributed by atoms with Crippen LogP contribution in [0, 0.1) is 5.92 Å². The summed E-state index contributed by atoms with van der Waals surface area (Å²) in [5.74, 6) is -1.32. The molecule has 2 N–H and O–H groups in total. The maximum atomic E-state index is 13.0. The molecule has 1 atom stereocenters. The number of alkyl halides is 3. The first-order valence-corrected chi connectivity index (χ1v) is 6.89. The number of halogens is 3. The Bertz CT molecular complexity index is 488. The molecule has 0 radical (unpaired) electrons. The first kappa shape index (κ1) is 16.3. The molecule has 1 saturated heterocycles. The van der Waals surface area contributed by atoms with Crippen molar-refractivity contribution in [2.24, 2.45) is 5.92 Å². The highest BCUT2D eigenvalue weighted by molar-refractivity contribution is 6.58. The maximum absolute atomic E-state index is 13.0. The average molecular weight is 301 g/mol. The van der Waals surface area contributed by atoms with Crippen LogP contribution >= 0.6 is 0 Å². The Balaban J connectivity index is 2.10. The fourth-order valence-corrected chi connectivity index (χ4v) is 3.01. The summed E-state index contributed by atoms with van der Waals surface area (Å²) in [7, 11) is -1.53. The minimum absolute atomic E-state index is 0.115. The predicted octanol–water partition coefficient (Wildman–Crippen LogP) is 1.53. The van der Waals surface area contributed by atoms with Crippen molar-refractivity contribution in [3.05, 3.63) is 29.8 Å². The van der Waals surface area contributed by atoms with Crippen LogP contribution < -0.4 is 5.46 Å². The van der Waals surface area contributed by atoms with Gasteiger partial charge in [-0.3, -0.25) is 4.90 Å². The van der Waals surface area contributed by atoms with Gasteiger partial charge < -0.3 is 10.0 Å². The summed E-state index contributed by atoms with van der Waals surface area (Å²) in [5.41, 5.74) is 0.288. The van der Waals surface area contributed by atoms with Gasteiger partial charge in [-0.25, -0.2) is 0 Å². The third kappa shape index (κ3) is 3.41. The Kier molecular flexibility index (Phi) is 4.37. The van der Waals surface area contributed by atoms with E-state index >= 15 is 0 Å². The lowest BCUT2D eigenvalue weighted by atomic mass is 9.80. The number of rotatable bonds is 3. The van der Waals surface area contributed by atoms with E-state index in [9.17, 15) is 13.2 Å². The number of benzene rings is 1. The minimum Gasteiger partial charge on any atom is -0.423 e. The molecule has 1 aliphatic heterocycles. The van der Waals surface area contributed by atoms with E-state index in [0.29, 0.717) is 18.6 Å². The number of nitrogens with zero attached hydrogens (tertiary/aromatic N) is 1. The van der Waals surface area contributed by atoms with Gasteiger partial charge in [0.1, 0.15) is 0 Å². The molecule has 1 heterocycles. The van der Waals surface area contributed by atoms with Gasteiger partial charge in [-0.2, -0.15) is 13.2 Å². The van der Waals surface area contributed by atoms with Gasteiger partial charge in [0.2, 0.25) is 0 Å². The fraction of sp³-hybridized carbons (Fsp3) is 0.571. The Morgan fingerprint density at radius 1 is 1.24 bits per heavy atom. The van der Waals surface area contributed by atoms with Gasteiger partial charge in [0, 0.05) is 12.1 Å². The SMILES string of the molecule is CC1(C)C(C(F)(F)F)CCN1Cc1ccc(B(O)O)cc1. The predicted molar refractivity (Wildman–Crippen MR) is 74.9 cm³/mol. The minimum atomic E-state index is -4.18. The van der Waals surface area contributed by atoms with E-state index in [1.165, 1.54) is 0 Å². The Labute approximate surface area is 122 Å². The van der Waals surface area contributed by atoms with Crippen molar-refractivity contribution < 1.29 is 23.2 Å². The highest BCUT2D eigenvalue weighted by atomic mass is 19.4. The quantitative estimate of drug-likeness (QED) is 0.832. The molecule has 1 aromatic rings. The molecule has 0 aliphatic carbocycles. The van der Waals surface area contributed by atoms with Gasteiger partial charge in [0.15, 0.2) is 0 Å². The van der Waals surface area contributed by atoms with Gasteiger partial charge in [0.05, 0.1) is 5.92 Å². The van der Waals surface area contributed by atoms with Gasteiger partial charge in [-0.15, -0.1) is 0 Å². The van der Waals surface area contributed by atoms with Gasteiger partial charge in [-0.05, 0) is 37.8 Å². The van der Waals surface area contributed by atoms with Crippen molar-refractivity contribution in [2.75, 3.05) is 6.54 Å². The lowest BCUT2D eigenvalue weighted by Crippen LogP contribution is -2.46. The molecule has 0 bridgehead atoms. The summed E-state index contributed by atoms with van der Waals surface area (Å²) in [5, 5.41) is 18.1. The lowest BCUT2D eigenvalue weighted by molar-refractivity contribution is -0.191. The van der Waals surface area contributed by atoms with Crippen LogP contribution in [0.3, 0.4) is 0 Å². The van der Waals surface area contributed by atoms with Crippen molar-refractivity contribution in [1.82, 2.24) is 4.90 Å².